The molecule has 4 N–H and O–H groups in total. The number of carbonyl (C=O) groups is 2. The quantitative estimate of drug-likeness (QED) is 0.761. The largest absolute Gasteiger partial charge is 2.00 e. The Labute approximate surface area is 123 Å². The topological polar surface area (TPSA) is 122 Å². The molecule has 0 atom stereocenters. The minimum Gasteiger partial charge on any atom is -0.663 e. The standard InChI is InChI=1S/2C6H10NO2.Mn/c2*7-6(5(8)9)3-1-2-4-6;/h2*7H,1-4H2,(H,8,9);/q2*-1;+2. The summed E-state index contributed by atoms with van der Waals surface area (Å²) in [5.74, 6) is -1.92. The summed E-state index contributed by atoms with van der Waals surface area (Å²) in [5.41, 5.74) is 12.4. The van der Waals surface area contributed by atoms with Crippen LogP contribution in [0, 0.1) is 0 Å². The fourth-order valence-electron chi connectivity index (χ4n) is 2.38. The molecule has 2 aliphatic carbocycles. The second-order valence-corrected chi connectivity index (χ2v) is 5.19. The zero-order chi connectivity index (χ0) is 13.8. The van der Waals surface area contributed by atoms with Crippen molar-refractivity contribution >= 4 is 11.9 Å². The van der Waals surface area contributed by atoms with Gasteiger partial charge in [0.25, 0.3) is 11.9 Å². The van der Waals surface area contributed by atoms with E-state index in [9.17, 15) is 9.59 Å². The van der Waals surface area contributed by atoms with Crippen LogP contribution in [0.3, 0.4) is 0 Å². The Morgan fingerprint density at radius 1 is 0.737 bits per heavy atom. The van der Waals surface area contributed by atoms with Crippen LogP contribution in [0.5, 0.6) is 0 Å². The summed E-state index contributed by atoms with van der Waals surface area (Å²) in [4.78, 5) is 20.7. The molecule has 0 aromatic carbocycles. The van der Waals surface area contributed by atoms with E-state index in [0.29, 0.717) is 25.7 Å². The predicted molar refractivity (Wildman–Crippen MR) is 66.3 cm³/mol. The third-order valence-corrected chi connectivity index (χ3v) is 3.73. The molecule has 0 saturated heterocycles. The molecule has 2 aliphatic rings. The van der Waals surface area contributed by atoms with E-state index in [1.165, 1.54) is 0 Å². The zero-order valence-corrected chi connectivity index (χ0v) is 11.9. The monoisotopic (exact) mass is 311 g/mol. The third kappa shape index (κ3) is 4.76. The van der Waals surface area contributed by atoms with Crippen molar-refractivity contribution in [3.63, 3.8) is 0 Å². The average Bonchev–Trinajstić information content (AvgIpc) is 2.90. The van der Waals surface area contributed by atoms with E-state index >= 15 is 0 Å². The molecular weight excluding hydrogens is 291 g/mol. The van der Waals surface area contributed by atoms with Crippen molar-refractivity contribution < 1.29 is 36.9 Å². The van der Waals surface area contributed by atoms with E-state index in [1.54, 1.807) is 0 Å². The van der Waals surface area contributed by atoms with Crippen LogP contribution in [0.25, 0.3) is 11.5 Å². The third-order valence-electron chi connectivity index (χ3n) is 3.73. The number of rotatable bonds is 2. The maximum atomic E-state index is 10.3. The molecule has 109 valence electrons. The summed E-state index contributed by atoms with van der Waals surface area (Å²) in [6.45, 7) is 0. The second kappa shape index (κ2) is 7.24. The molecular formula is C12H20MnN2O4. The first-order valence-corrected chi connectivity index (χ1v) is 6.27. The number of hydrogen-bond donors (Lipinski definition) is 2. The Morgan fingerprint density at radius 3 is 1.05 bits per heavy atom. The van der Waals surface area contributed by atoms with Crippen molar-refractivity contribution in [1.82, 2.24) is 0 Å². The average molecular weight is 311 g/mol. The van der Waals surface area contributed by atoms with Crippen LogP contribution in [0.2, 0.25) is 0 Å². The molecule has 0 heterocycles. The normalized spacial score (nSPS) is 22.8. The molecule has 7 heteroatoms. The maximum Gasteiger partial charge on any atom is 2.00 e. The number of hydrogen-bond acceptors (Lipinski definition) is 2. The van der Waals surface area contributed by atoms with Gasteiger partial charge in [-0.1, -0.05) is 51.4 Å². The Kier molecular flexibility index (Phi) is 7.00. The van der Waals surface area contributed by atoms with Crippen molar-refractivity contribution in [2.75, 3.05) is 0 Å². The number of aliphatic carboxylic acids is 2. The van der Waals surface area contributed by atoms with Crippen LogP contribution in [0.15, 0.2) is 0 Å². The predicted octanol–water partition coefficient (Wildman–Crippen LogP) is 2.87. The zero-order valence-electron chi connectivity index (χ0n) is 10.7. The molecule has 0 bridgehead atoms. The van der Waals surface area contributed by atoms with Gasteiger partial charge in [0.2, 0.25) is 0 Å². The van der Waals surface area contributed by atoms with Gasteiger partial charge < -0.3 is 21.7 Å². The molecule has 0 unspecified atom stereocenters. The van der Waals surface area contributed by atoms with Crippen LogP contribution < -0.4 is 0 Å². The summed E-state index contributed by atoms with van der Waals surface area (Å²) < 4.78 is 0. The smallest absolute Gasteiger partial charge is 0.663 e. The molecule has 1 radical (unpaired) electrons. The van der Waals surface area contributed by atoms with Crippen molar-refractivity contribution in [3.05, 3.63) is 11.5 Å². The molecule has 0 amide bonds. The maximum absolute atomic E-state index is 10.3. The molecule has 0 aromatic rings. The van der Waals surface area contributed by atoms with Crippen LogP contribution in [0.1, 0.15) is 51.4 Å². The van der Waals surface area contributed by atoms with E-state index in [1.807, 2.05) is 0 Å². The van der Waals surface area contributed by atoms with Gasteiger partial charge in [0.15, 0.2) is 0 Å². The van der Waals surface area contributed by atoms with Gasteiger partial charge in [0, 0.05) is 0 Å². The molecule has 2 rings (SSSR count). The minimum atomic E-state index is -1.14. The van der Waals surface area contributed by atoms with Gasteiger partial charge in [0.05, 0.1) is 0 Å². The van der Waals surface area contributed by atoms with E-state index in [0.717, 1.165) is 25.7 Å². The summed E-state index contributed by atoms with van der Waals surface area (Å²) in [7, 11) is 0. The first-order chi connectivity index (χ1) is 8.30. The van der Waals surface area contributed by atoms with Crippen molar-refractivity contribution in [2.24, 2.45) is 0 Å². The van der Waals surface area contributed by atoms with Gasteiger partial charge in [-0.15, -0.1) is 0 Å². The molecule has 2 fully saturated rings. The van der Waals surface area contributed by atoms with Crippen molar-refractivity contribution in [1.29, 1.82) is 0 Å². The van der Waals surface area contributed by atoms with Crippen LogP contribution in [0.4, 0.5) is 0 Å². The SMILES string of the molecule is [Mn+2].[NH-]C1(C(=O)O)CCCC1.[NH-]C1(C(=O)O)CCCC1. The first-order valence-electron chi connectivity index (χ1n) is 6.27. The van der Waals surface area contributed by atoms with Crippen molar-refractivity contribution in [3.8, 4) is 0 Å². The molecule has 6 nitrogen and oxygen atoms in total. The summed E-state index contributed by atoms with van der Waals surface area (Å²) >= 11 is 0. The second-order valence-electron chi connectivity index (χ2n) is 5.19. The van der Waals surface area contributed by atoms with Gasteiger partial charge in [-0.25, -0.2) is 0 Å². The Balaban J connectivity index is 0.000000324. The van der Waals surface area contributed by atoms with E-state index in [-0.39, 0.29) is 17.1 Å². The Hall–Kier alpha value is -0.621. The number of nitrogens with one attached hydrogen (secondary N) is 2. The minimum absolute atomic E-state index is 0. The van der Waals surface area contributed by atoms with Gasteiger partial charge in [-0.05, 0) is 11.1 Å². The molecule has 2 saturated carbocycles. The van der Waals surface area contributed by atoms with Gasteiger partial charge in [-0.3, -0.25) is 9.59 Å². The van der Waals surface area contributed by atoms with Gasteiger partial charge >= 0.3 is 17.1 Å². The molecule has 19 heavy (non-hydrogen) atoms. The van der Waals surface area contributed by atoms with Crippen LogP contribution >= 0.6 is 0 Å². The molecule has 0 spiro atoms. The molecule has 0 aliphatic heterocycles. The number of carboxylic acid groups (broad SMARTS) is 2. The van der Waals surface area contributed by atoms with Crippen LogP contribution in [-0.2, 0) is 26.7 Å². The van der Waals surface area contributed by atoms with Crippen molar-refractivity contribution in [2.45, 2.75) is 62.4 Å². The van der Waals surface area contributed by atoms with E-state index in [2.05, 4.69) is 0 Å². The summed E-state index contributed by atoms with van der Waals surface area (Å²) in [5, 5.41) is 17.0. The summed E-state index contributed by atoms with van der Waals surface area (Å²) in [6.07, 6.45) is 5.71. The van der Waals surface area contributed by atoms with E-state index < -0.39 is 23.0 Å². The van der Waals surface area contributed by atoms with E-state index in [4.69, 9.17) is 21.7 Å². The first kappa shape index (κ1) is 18.4. The number of carboxylic acids is 2. The fraction of sp³-hybridized carbons (Fsp3) is 0.833. The summed E-state index contributed by atoms with van der Waals surface area (Å²) in [6, 6.07) is 0. The van der Waals surface area contributed by atoms with Gasteiger partial charge in [0.1, 0.15) is 0 Å². The Bertz CT molecular complexity index is 292. The Morgan fingerprint density at radius 2 is 0.947 bits per heavy atom. The van der Waals surface area contributed by atoms with Crippen LogP contribution in [-0.4, -0.2) is 33.2 Å². The fourth-order valence-corrected chi connectivity index (χ4v) is 2.38. The molecule has 0 aromatic heterocycles. The van der Waals surface area contributed by atoms with Gasteiger partial charge in [-0.2, -0.15) is 0 Å².